The first-order valence-corrected chi connectivity index (χ1v) is 11.4. The van der Waals surface area contributed by atoms with Gasteiger partial charge in [-0.15, -0.1) is 0 Å². The van der Waals surface area contributed by atoms with Crippen molar-refractivity contribution >= 4 is 21.4 Å². The lowest BCUT2D eigenvalue weighted by molar-refractivity contribution is -0.384. The third kappa shape index (κ3) is 5.70. The molecule has 1 heterocycles. The standard InChI is InChI=1S/C23H24N4O5S/c1-23(2,3)13-12-16-15-26(4)24-22(16)20-14-17(27(28)29)6-11-21(20)25-33(30,31)19-9-7-18(32-5)8-10-19/h6-11,14-15,25H,1-5H3. The van der Waals surface area contributed by atoms with Crippen molar-refractivity contribution in [3.63, 3.8) is 0 Å². The minimum Gasteiger partial charge on any atom is -0.497 e. The first-order chi connectivity index (χ1) is 15.4. The summed E-state index contributed by atoms with van der Waals surface area (Å²) in [6.07, 6.45) is 1.69. The fourth-order valence-corrected chi connectivity index (χ4v) is 4.00. The zero-order valence-electron chi connectivity index (χ0n) is 18.9. The molecule has 0 fully saturated rings. The topological polar surface area (TPSA) is 116 Å². The van der Waals surface area contributed by atoms with Crippen LogP contribution in [0, 0.1) is 27.4 Å². The van der Waals surface area contributed by atoms with Gasteiger partial charge in [-0.25, -0.2) is 8.42 Å². The van der Waals surface area contributed by atoms with E-state index in [0.717, 1.165) is 0 Å². The summed E-state index contributed by atoms with van der Waals surface area (Å²) in [5.41, 5.74) is 0.782. The van der Waals surface area contributed by atoms with Gasteiger partial charge in [0.05, 0.1) is 28.2 Å². The number of ether oxygens (including phenoxy) is 1. The lowest BCUT2D eigenvalue weighted by Gasteiger charge is -2.12. The van der Waals surface area contributed by atoms with Crippen LogP contribution >= 0.6 is 0 Å². The molecule has 0 amide bonds. The third-order valence-corrected chi connectivity index (χ3v) is 5.87. The molecule has 0 saturated carbocycles. The van der Waals surface area contributed by atoms with E-state index in [1.54, 1.807) is 13.2 Å². The highest BCUT2D eigenvalue weighted by Crippen LogP contribution is 2.34. The summed E-state index contributed by atoms with van der Waals surface area (Å²) in [5.74, 6) is 6.69. The Labute approximate surface area is 192 Å². The second kappa shape index (κ2) is 8.96. The van der Waals surface area contributed by atoms with Gasteiger partial charge in [-0.05, 0) is 51.1 Å². The summed E-state index contributed by atoms with van der Waals surface area (Å²) in [6, 6.07) is 9.76. The average Bonchev–Trinajstić information content (AvgIpc) is 3.12. The van der Waals surface area contributed by atoms with Crippen molar-refractivity contribution in [3.8, 4) is 28.8 Å². The Morgan fingerprint density at radius 1 is 1.15 bits per heavy atom. The van der Waals surface area contributed by atoms with Crippen LogP contribution in [0.2, 0.25) is 0 Å². The van der Waals surface area contributed by atoms with Crippen LogP contribution in [-0.2, 0) is 17.1 Å². The molecule has 2 aromatic carbocycles. The van der Waals surface area contributed by atoms with Crippen molar-refractivity contribution in [2.75, 3.05) is 11.8 Å². The SMILES string of the molecule is COc1ccc(S(=O)(=O)Nc2ccc([N+](=O)[O-])cc2-c2nn(C)cc2C#CC(C)(C)C)cc1. The molecule has 0 aliphatic rings. The number of aryl methyl sites for hydroxylation is 1. The molecule has 33 heavy (non-hydrogen) atoms. The second-order valence-corrected chi connectivity index (χ2v) is 10.0. The van der Waals surface area contributed by atoms with Crippen LogP contribution in [0.5, 0.6) is 5.75 Å². The molecule has 0 spiro atoms. The predicted molar refractivity (Wildman–Crippen MR) is 125 cm³/mol. The van der Waals surface area contributed by atoms with E-state index in [2.05, 4.69) is 21.7 Å². The molecule has 172 valence electrons. The summed E-state index contributed by atoms with van der Waals surface area (Å²) in [5, 5.41) is 15.8. The number of nitro benzene ring substituents is 1. The molecule has 1 N–H and O–H groups in total. The van der Waals surface area contributed by atoms with Gasteiger partial charge in [0.2, 0.25) is 0 Å². The molecule has 3 rings (SSSR count). The van der Waals surface area contributed by atoms with Crippen molar-refractivity contribution in [1.29, 1.82) is 0 Å². The molecular formula is C23H24N4O5S. The van der Waals surface area contributed by atoms with Gasteiger partial charge in [-0.2, -0.15) is 5.10 Å². The number of aromatic nitrogens is 2. The highest BCUT2D eigenvalue weighted by atomic mass is 32.2. The molecule has 1 aromatic heterocycles. The fourth-order valence-electron chi connectivity index (χ4n) is 2.92. The van der Waals surface area contributed by atoms with Gasteiger partial charge < -0.3 is 4.74 Å². The number of rotatable bonds is 6. The number of nitrogens with one attached hydrogen (secondary N) is 1. The van der Waals surface area contributed by atoms with Gasteiger partial charge in [0.25, 0.3) is 15.7 Å². The molecule has 0 unspecified atom stereocenters. The van der Waals surface area contributed by atoms with E-state index in [4.69, 9.17) is 4.74 Å². The number of non-ortho nitro benzene ring substituents is 1. The molecule has 0 aliphatic carbocycles. The maximum atomic E-state index is 13.0. The Bertz CT molecular complexity index is 1360. The van der Waals surface area contributed by atoms with E-state index in [-0.39, 0.29) is 27.2 Å². The van der Waals surface area contributed by atoms with E-state index in [1.807, 2.05) is 20.8 Å². The number of hydrogen-bond acceptors (Lipinski definition) is 6. The fraction of sp³-hybridized carbons (Fsp3) is 0.261. The van der Waals surface area contributed by atoms with Gasteiger partial charge in [0, 0.05) is 36.4 Å². The molecule has 9 nitrogen and oxygen atoms in total. The molecular weight excluding hydrogens is 444 g/mol. The molecule has 3 aromatic rings. The van der Waals surface area contributed by atoms with Crippen molar-refractivity contribution in [2.45, 2.75) is 25.7 Å². The Morgan fingerprint density at radius 3 is 2.39 bits per heavy atom. The molecule has 0 atom stereocenters. The highest BCUT2D eigenvalue weighted by molar-refractivity contribution is 7.92. The van der Waals surface area contributed by atoms with Crippen molar-refractivity contribution < 1.29 is 18.1 Å². The maximum absolute atomic E-state index is 13.0. The lowest BCUT2D eigenvalue weighted by atomic mass is 9.97. The molecule has 0 radical (unpaired) electrons. The first kappa shape index (κ1) is 23.8. The van der Waals surface area contributed by atoms with Crippen LogP contribution < -0.4 is 9.46 Å². The Hall–Kier alpha value is -3.84. The maximum Gasteiger partial charge on any atom is 0.270 e. The van der Waals surface area contributed by atoms with Crippen LogP contribution in [0.15, 0.2) is 53.6 Å². The summed E-state index contributed by atoms with van der Waals surface area (Å²) in [6.45, 7) is 5.87. The van der Waals surface area contributed by atoms with E-state index in [9.17, 15) is 18.5 Å². The van der Waals surface area contributed by atoms with E-state index in [0.29, 0.717) is 17.0 Å². The number of methoxy groups -OCH3 is 1. The Kier molecular flexibility index (Phi) is 6.46. The number of sulfonamides is 1. The number of nitrogens with zero attached hydrogens (tertiary/aromatic N) is 3. The van der Waals surface area contributed by atoms with Crippen LogP contribution in [0.4, 0.5) is 11.4 Å². The van der Waals surface area contributed by atoms with Crippen molar-refractivity contribution in [2.24, 2.45) is 12.5 Å². The highest BCUT2D eigenvalue weighted by Gasteiger charge is 2.22. The van der Waals surface area contributed by atoms with E-state index < -0.39 is 14.9 Å². The zero-order chi connectivity index (χ0) is 24.4. The lowest BCUT2D eigenvalue weighted by Crippen LogP contribution is -2.14. The van der Waals surface area contributed by atoms with Crippen molar-refractivity contribution in [3.05, 3.63) is 64.3 Å². The average molecular weight is 469 g/mol. The number of benzene rings is 2. The zero-order valence-corrected chi connectivity index (χ0v) is 19.7. The number of anilines is 1. The normalized spacial score (nSPS) is 11.4. The summed E-state index contributed by atoms with van der Waals surface area (Å²) in [7, 11) is -0.807. The van der Waals surface area contributed by atoms with Crippen LogP contribution in [0.3, 0.4) is 0 Å². The summed E-state index contributed by atoms with van der Waals surface area (Å²) >= 11 is 0. The van der Waals surface area contributed by atoms with Gasteiger partial charge in [-0.3, -0.25) is 19.5 Å². The van der Waals surface area contributed by atoms with E-state index in [1.165, 1.54) is 54.3 Å². The van der Waals surface area contributed by atoms with Gasteiger partial charge in [0.1, 0.15) is 11.4 Å². The largest absolute Gasteiger partial charge is 0.497 e. The monoisotopic (exact) mass is 468 g/mol. The second-order valence-electron chi connectivity index (χ2n) is 8.33. The van der Waals surface area contributed by atoms with Gasteiger partial charge in [-0.1, -0.05) is 11.8 Å². The third-order valence-electron chi connectivity index (χ3n) is 4.48. The number of hydrogen-bond donors (Lipinski definition) is 1. The first-order valence-electron chi connectivity index (χ1n) is 9.92. The quantitative estimate of drug-likeness (QED) is 0.329. The van der Waals surface area contributed by atoms with Gasteiger partial charge >= 0.3 is 0 Å². The molecule has 10 heteroatoms. The molecule has 0 saturated heterocycles. The Morgan fingerprint density at radius 2 is 1.82 bits per heavy atom. The smallest absolute Gasteiger partial charge is 0.270 e. The predicted octanol–water partition coefficient (Wildman–Crippen LogP) is 4.20. The molecule has 0 aliphatic heterocycles. The summed E-state index contributed by atoms with van der Waals surface area (Å²) in [4.78, 5) is 10.9. The molecule has 0 bridgehead atoms. The Balaban J connectivity index is 2.14. The van der Waals surface area contributed by atoms with E-state index >= 15 is 0 Å². The van der Waals surface area contributed by atoms with Crippen LogP contribution in [-0.4, -0.2) is 30.2 Å². The van der Waals surface area contributed by atoms with Crippen LogP contribution in [0.1, 0.15) is 26.3 Å². The van der Waals surface area contributed by atoms with Crippen molar-refractivity contribution in [1.82, 2.24) is 9.78 Å². The minimum atomic E-state index is -3.99. The van der Waals surface area contributed by atoms with Gasteiger partial charge in [0.15, 0.2) is 0 Å². The summed E-state index contributed by atoms with van der Waals surface area (Å²) < 4.78 is 35.2. The number of nitro groups is 1. The minimum absolute atomic E-state index is 0.0152. The van der Waals surface area contributed by atoms with Crippen LogP contribution in [0.25, 0.3) is 11.3 Å².